The van der Waals surface area contributed by atoms with E-state index in [9.17, 15) is 0 Å². The number of nitrogens with one attached hydrogen (secondary N) is 1. The third-order valence-electron chi connectivity index (χ3n) is 3.57. The van der Waals surface area contributed by atoms with Crippen LogP contribution in [0.5, 0.6) is 0 Å². The molecule has 0 aromatic carbocycles. The second-order valence-electron chi connectivity index (χ2n) is 4.72. The van der Waals surface area contributed by atoms with Crippen LogP contribution in [0.15, 0.2) is 15.9 Å². The molecule has 0 bridgehead atoms. The van der Waals surface area contributed by atoms with E-state index in [0.717, 1.165) is 6.54 Å². The third kappa shape index (κ3) is 3.53. The second kappa shape index (κ2) is 6.32. The summed E-state index contributed by atoms with van der Waals surface area (Å²) in [6.07, 6.45) is 2.67. The van der Waals surface area contributed by atoms with E-state index >= 15 is 0 Å². The zero-order valence-corrected chi connectivity index (χ0v) is 13.0. The maximum Gasteiger partial charge on any atom is 0.0414 e. The highest BCUT2D eigenvalue weighted by Gasteiger charge is 2.21. The Balaban J connectivity index is 1.96. The molecule has 0 aliphatic carbocycles. The first kappa shape index (κ1) is 13.5. The first-order chi connectivity index (χ1) is 8.20. The van der Waals surface area contributed by atoms with Crippen molar-refractivity contribution >= 4 is 27.3 Å². The minimum Gasteiger partial charge on any atom is -0.313 e. The minimum absolute atomic E-state index is 0.527. The first-order valence-corrected chi connectivity index (χ1v) is 8.09. The van der Waals surface area contributed by atoms with Gasteiger partial charge < -0.3 is 5.32 Å². The molecule has 1 aliphatic rings. The number of halogens is 1. The Labute approximate surface area is 117 Å². The summed E-state index contributed by atoms with van der Waals surface area (Å²) in [5.41, 5.74) is 0. The standard InChI is InChI=1S/C13H21BrN2S/c1-3-16(8-12-5-4-6-15-12)10(2)13-7-11(14)9-17-13/h7,9-10,12,15H,3-6,8H2,1-2H3. The van der Waals surface area contributed by atoms with Gasteiger partial charge in [-0.25, -0.2) is 0 Å². The van der Waals surface area contributed by atoms with Gasteiger partial charge in [0.15, 0.2) is 0 Å². The van der Waals surface area contributed by atoms with Gasteiger partial charge in [-0.05, 0) is 54.9 Å². The van der Waals surface area contributed by atoms with Crippen LogP contribution >= 0.6 is 27.3 Å². The normalized spacial score (nSPS) is 22.2. The average Bonchev–Trinajstić information content (AvgIpc) is 2.96. The summed E-state index contributed by atoms with van der Waals surface area (Å²) in [5, 5.41) is 5.76. The van der Waals surface area contributed by atoms with Crippen molar-refractivity contribution in [1.29, 1.82) is 0 Å². The van der Waals surface area contributed by atoms with Crippen LogP contribution in [-0.2, 0) is 0 Å². The molecule has 2 nitrogen and oxygen atoms in total. The molecular weight excluding hydrogens is 296 g/mol. The Morgan fingerprint density at radius 1 is 1.65 bits per heavy atom. The highest BCUT2D eigenvalue weighted by atomic mass is 79.9. The van der Waals surface area contributed by atoms with Crippen molar-refractivity contribution in [3.63, 3.8) is 0 Å². The Morgan fingerprint density at radius 3 is 3.00 bits per heavy atom. The molecule has 1 aromatic rings. The molecule has 2 atom stereocenters. The Bertz CT molecular complexity index is 347. The first-order valence-electron chi connectivity index (χ1n) is 6.42. The number of rotatable bonds is 5. The van der Waals surface area contributed by atoms with E-state index in [4.69, 9.17) is 0 Å². The molecule has 2 unspecified atom stereocenters. The molecule has 0 spiro atoms. The van der Waals surface area contributed by atoms with Gasteiger partial charge in [0.05, 0.1) is 0 Å². The van der Waals surface area contributed by atoms with Gasteiger partial charge in [0, 0.05) is 33.4 Å². The van der Waals surface area contributed by atoms with E-state index in [-0.39, 0.29) is 0 Å². The van der Waals surface area contributed by atoms with Gasteiger partial charge in [0.2, 0.25) is 0 Å². The lowest BCUT2D eigenvalue weighted by atomic mass is 10.1. The van der Waals surface area contributed by atoms with E-state index in [2.05, 4.69) is 51.4 Å². The maximum absolute atomic E-state index is 3.59. The van der Waals surface area contributed by atoms with Crippen LogP contribution < -0.4 is 5.32 Å². The van der Waals surface area contributed by atoms with Crippen molar-refractivity contribution in [2.24, 2.45) is 0 Å². The summed E-state index contributed by atoms with van der Waals surface area (Å²) in [5.74, 6) is 0. The largest absolute Gasteiger partial charge is 0.313 e. The van der Waals surface area contributed by atoms with Crippen LogP contribution in [0.1, 0.15) is 37.6 Å². The van der Waals surface area contributed by atoms with Crippen LogP contribution in [-0.4, -0.2) is 30.6 Å². The summed E-state index contributed by atoms with van der Waals surface area (Å²) in [6, 6.07) is 3.47. The van der Waals surface area contributed by atoms with Crippen LogP contribution in [0.3, 0.4) is 0 Å². The van der Waals surface area contributed by atoms with E-state index in [1.807, 2.05) is 11.3 Å². The molecule has 0 amide bonds. The van der Waals surface area contributed by atoms with Gasteiger partial charge >= 0.3 is 0 Å². The summed E-state index contributed by atoms with van der Waals surface area (Å²) in [7, 11) is 0. The summed E-state index contributed by atoms with van der Waals surface area (Å²) in [6.45, 7) is 8.06. The number of hydrogen-bond donors (Lipinski definition) is 1. The molecule has 1 saturated heterocycles. The lowest BCUT2D eigenvalue weighted by Gasteiger charge is -2.29. The molecular formula is C13H21BrN2S. The molecule has 17 heavy (non-hydrogen) atoms. The van der Waals surface area contributed by atoms with Gasteiger partial charge in [0.25, 0.3) is 0 Å². The van der Waals surface area contributed by atoms with Crippen molar-refractivity contribution in [1.82, 2.24) is 10.2 Å². The number of nitrogens with zero attached hydrogens (tertiary/aromatic N) is 1. The minimum atomic E-state index is 0.527. The molecule has 0 radical (unpaired) electrons. The van der Waals surface area contributed by atoms with Gasteiger partial charge in [-0.1, -0.05) is 6.92 Å². The average molecular weight is 317 g/mol. The second-order valence-corrected chi connectivity index (χ2v) is 6.58. The highest BCUT2D eigenvalue weighted by Crippen LogP contribution is 2.29. The predicted octanol–water partition coefficient (Wildman–Crippen LogP) is 3.65. The molecule has 4 heteroatoms. The monoisotopic (exact) mass is 316 g/mol. The summed E-state index contributed by atoms with van der Waals surface area (Å²) < 4.78 is 1.21. The van der Waals surface area contributed by atoms with E-state index in [0.29, 0.717) is 12.1 Å². The molecule has 2 heterocycles. The fourth-order valence-corrected chi connectivity index (χ4v) is 4.02. The van der Waals surface area contributed by atoms with Crippen molar-refractivity contribution < 1.29 is 0 Å². The fraction of sp³-hybridized carbons (Fsp3) is 0.692. The van der Waals surface area contributed by atoms with Gasteiger partial charge in [-0.2, -0.15) is 0 Å². The van der Waals surface area contributed by atoms with Crippen molar-refractivity contribution in [2.45, 2.75) is 38.8 Å². The zero-order valence-electron chi connectivity index (χ0n) is 10.6. The maximum atomic E-state index is 3.59. The lowest BCUT2D eigenvalue weighted by Crippen LogP contribution is -2.38. The van der Waals surface area contributed by atoms with Gasteiger partial charge in [-0.3, -0.25) is 4.90 Å². The van der Waals surface area contributed by atoms with E-state index < -0.39 is 0 Å². The zero-order chi connectivity index (χ0) is 12.3. The van der Waals surface area contributed by atoms with Gasteiger partial charge in [-0.15, -0.1) is 11.3 Å². The van der Waals surface area contributed by atoms with Crippen molar-refractivity contribution in [2.75, 3.05) is 19.6 Å². The smallest absolute Gasteiger partial charge is 0.0414 e. The quantitative estimate of drug-likeness (QED) is 0.892. The SMILES string of the molecule is CCN(CC1CCCN1)C(C)c1cc(Br)cs1. The lowest BCUT2D eigenvalue weighted by molar-refractivity contribution is 0.205. The Kier molecular flexibility index (Phi) is 5.03. The Hall–Kier alpha value is 0.1000. The molecule has 1 aromatic heterocycles. The predicted molar refractivity (Wildman–Crippen MR) is 78.7 cm³/mol. The molecule has 0 saturated carbocycles. The fourth-order valence-electron chi connectivity index (χ4n) is 2.48. The van der Waals surface area contributed by atoms with Crippen LogP contribution in [0, 0.1) is 0 Å². The Morgan fingerprint density at radius 2 is 2.47 bits per heavy atom. The molecule has 1 fully saturated rings. The molecule has 1 aliphatic heterocycles. The van der Waals surface area contributed by atoms with Gasteiger partial charge in [0.1, 0.15) is 0 Å². The van der Waals surface area contributed by atoms with Crippen LogP contribution in [0.4, 0.5) is 0 Å². The van der Waals surface area contributed by atoms with E-state index in [1.54, 1.807) is 0 Å². The summed E-state index contributed by atoms with van der Waals surface area (Å²) >= 11 is 5.39. The topological polar surface area (TPSA) is 15.3 Å². The number of likely N-dealkylation sites (N-methyl/N-ethyl adjacent to an activating group) is 1. The van der Waals surface area contributed by atoms with E-state index in [1.165, 1.54) is 35.3 Å². The van der Waals surface area contributed by atoms with Crippen LogP contribution in [0.2, 0.25) is 0 Å². The molecule has 2 rings (SSSR count). The number of thiophene rings is 1. The highest BCUT2D eigenvalue weighted by molar-refractivity contribution is 9.10. The molecule has 96 valence electrons. The van der Waals surface area contributed by atoms with Crippen molar-refractivity contribution in [3.8, 4) is 0 Å². The number of hydrogen-bond acceptors (Lipinski definition) is 3. The van der Waals surface area contributed by atoms with Crippen molar-refractivity contribution in [3.05, 3.63) is 20.8 Å². The van der Waals surface area contributed by atoms with Crippen LogP contribution in [0.25, 0.3) is 0 Å². The summed E-state index contributed by atoms with van der Waals surface area (Å²) in [4.78, 5) is 4.03. The third-order valence-corrected chi connectivity index (χ3v) is 5.43. The molecule has 1 N–H and O–H groups in total.